The third-order valence-corrected chi connectivity index (χ3v) is 3.44. The molecule has 1 heterocycles. The largest absolute Gasteiger partial charge is 0.338 e. The van der Waals surface area contributed by atoms with E-state index in [4.69, 9.17) is 17.3 Å². The Morgan fingerprint density at radius 1 is 1.05 bits per heavy atom. The first-order valence-corrected chi connectivity index (χ1v) is 6.52. The second-order valence-electron chi connectivity index (χ2n) is 4.38. The molecule has 1 aliphatic rings. The summed E-state index contributed by atoms with van der Waals surface area (Å²) >= 11 is 5.79. The lowest BCUT2D eigenvalue weighted by atomic mass is 10.2. The van der Waals surface area contributed by atoms with Crippen LogP contribution in [0.5, 0.6) is 0 Å². The van der Waals surface area contributed by atoms with Crippen LogP contribution in [-0.4, -0.2) is 54.3 Å². The smallest absolute Gasteiger partial charge is 0.253 e. The lowest BCUT2D eigenvalue weighted by Crippen LogP contribution is -2.51. The average Bonchev–Trinajstić information content (AvgIpc) is 2.46. The van der Waals surface area contributed by atoms with E-state index in [-0.39, 0.29) is 18.4 Å². The first-order valence-electron chi connectivity index (χ1n) is 6.14. The molecule has 0 bridgehead atoms. The molecule has 0 aromatic heterocycles. The molecule has 0 atom stereocenters. The van der Waals surface area contributed by atoms with E-state index in [9.17, 15) is 9.59 Å². The van der Waals surface area contributed by atoms with Crippen molar-refractivity contribution in [3.63, 3.8) is 0 Å². The molecule has 19 heavy (non-hydrogen) atoms. The highest BCUT2D eigenvalue weighted by Crippen LogP contribution is 2.13. The van der Waals surface area contributed by atoms with Gasteiger partial charge in [0.2, 0.25) is 5.91 Å². The number of nitrogens with two attached hydrogens (primary N) is 1. The molecule has 0 spiro atoms. The number of hydrogen-bond acceptors (Lipinski definition) is 3. The fourth-order valence-electron chi connectivity index (χ4n) is 2.06. The monoisotopic (exact) mass is 281 g/mol. The number of rotatable bonds is 2. The number of piperazine rings is 1. The molecule has 102 valence electrons. The third kappa shape index (κ3) is 3.24. The van der Waals surface area contributed by atoms with Crippen molar-refractivity contribution in [2.75, 3.05) is 32.7 Å². The van der Waals surface area contributed by atoms with Crippen LogP contribution in [0.3, 0.4) is 0 Å². The van der Waals surface area contributed by atoms with Crippen LogP contribution in [-0.2, 0) is 4.79 Å². The van der Waals surface area contributed by atoms with E-state index >= 15 is 0 Å². The predicted octanol–water partition coefficient (Wildman–Crippen LogP) is 0.583. The molecule has 1 aliphatic heterocycles. The van der Waals surface area contributed by atoms with Gasteiger partial charge in [0, 0.05) is 36.8 Å². The van der Waals surface area contributed by atoms with Gasteiger partial charge in [-0.25, -0.2) is 0 Å². The van der Waals surface area contributed by atoms with E-state index in [1.54, 1.807) is 34.1 Å². The minimum atomic E-state index is -0.0707. The summed E-state index contributed by atoms with van der Waals surface area (Å²) in [5, 5.41) is 0.606. The molecule has 0 saturated carbocycles. The Hall–Kier alpha value is -1.59. The van der Waals surface area contributed by atoms with E-state index in [0.717, 1.165) is 0 Å². The van der Waals surface area contributed by atoms with Crippen LogP contribution in [0.25, 0.3) is 0 Å². The van der Waals surface area contributed by atoms with Gasteiger partial charge in [-0.1, -0.05) is 11.6 Å². The summed E-state index contributed by atoms with van der Waals surface area (Å²) in [7, 11) is 0. The fourth-order valence-corrected chi connectivity index (χ4v) is 2.19. The molecule has 2 rings (SSSR count). The molecule has 5 nitrogen and oxygen atoms in total. The van der Waals surface area contributed by atoms with Gasteiger partial charge in [0.25, 0.3) is 5.91 Å². The van der Waals surface area contributed by atoms with E-state index < -0.39 is 0 Å². The Morgan fingerprint density at radius 3 is 2.11 bits per heavy atom. The van der Waals surface area contributed by atoms with Crippen LogP contribution in [0.1, 0.15) is 10.4 Å². The molecule has 1 saturated heterocycles. The van der Waals surface area contributed by atoms with Crippen molar-refractivity contribution in [2.45, 2.75) is 0 Å². The molecule has 2 N–H and O–H groups in total. The summed E-state index contributed by atoms with van der Waals surface area (Å²) < 4.78 is 0. The second kappa shape index (κ2) is 6.04. The van der Waals surface area contributed by atoms with Crippen LogP contribution >= 0.6 is 11.6 Å². The molecule has 1 aromatic carbocycles. The first-order chi connectivity index (χ1) is 9.11. The molecular formula is C13H16ClN3O2. The first kappa shape index (κ1) is 13.8. The minimum absolute atomic E-state index is 0.0190. The van der Waals surface area contributed by atoms with Crippen molar-refractivity contribution in [3.8, 4) is 0 Å². The summed E-state index contributed by atoms with van der Waals surface area (Å²) in [6.45, 7) is 2.16. The van der Waals surface area contributed by atoms with Crippen LogP contribution in [0.15, 0.2) is 24.3 Å². The quantitative estimate of drug-likeness (QED) is 0.862. The normalized spacial score (nSPS) is 15.5. The van der Waals surface area contributed by atoms with Gasteiger partial charge in [0.05, 0.1) is 6.54 Å². The summed E-state index contributed by atoms with van der Waals surface area (Å²) in [5.74, 6) is -0.102. The van der Waals surface area contributed by atoms with Crippen LogP contribution in [0.4, 0.5) is 0 Å². The highest BCUT2D eigenvalue weighted by Gasteiger charge is 2.23. The van der Waals surface area contributed by atoms with Gasteiger partial charge in [0.15, 0.2) is 0 Å². The van der Waals surface area contributed by atoms with E-state index in [1.807, 2.05) is 0 Å². The van der Waals surface area contributed by atoms with Crippen molar-refractivity contribution >= 4 is 23.4 Å². The van der Waals surface area contributed by atoms with Crippen molar-refractivity contribution in [2.24, 2.45) is 5.73 Å². The second-order valence-corrected chi connectivity index (χ2v) is 4.82. The molecular weight excluding hydrogens is 266 g/mol. The molecule has 2 amide bonds. The van der Waals surface area contributed by atoms with Crippen molar-refractivity contribution in [1.29, 1.82) is 0 Å². The van der Waals surface area contributed by atoms with Crippen LogP contribution in [0, 0.1) is 0 Å². The topological polar surface area (TPSA) is 66.6 Å². The number of amides is 2. The number of hydrogen-bond donors (Lipinski definition) is 1. The number of benzene rings is 1. The Morgan fingerprint density at radius 2 is 1.58 bits per heavy atom. The molecule has 0 unspecified atom stereocenters. The van der Waals surface area contributed by atoms with Crippen LogP contribution in [0.2, 0.25) is 5.02 Å². The van der Waals surface area contributed by atoms with E-state index in [0.29, 0.717) is 36.8 Å². The number of halogens is 1. The van der Waals surface area contributed by atoms with Gasteiger partial charge in [0.1, 0.15) is 0 Å². The van der Waals surface area contributed by atoms with Crippen molar-refractivity contribution in [1.82, 2.24) is 9.80 Å². The van der Waals surface area contributed by atoms with Gasteiger partial charge in [-0.2, -0.15) is 0 Å². The molecule has 0 radical (unpaired) electrons. The zero-order chi connectivity index (χ0) is 13.8. The number of carbonyl (C=O) groups excluding carboxylic acids is 2. The maximum atomic E-state index is 12.2. The van der Waals surface area contributed by atoms with Gasteiger partial charge in [-0.15, -0.1) is 0 Å². The van der Waals surface area contributed by atoms with E-state index in [2.05, 4.69) is 0 Å². The molecule has 6 heteroatoms. The molecule has 1 aromatic rings. The maximum absolute atomic E-state index is 12.2. The zero-order valence-corrected chi connectivity index (χ0v) is 11.3. The van der Waals surface area contributed by atoms with Gasteiger partial charge in [-0.3, -0.25) is 9.59 Å². The van der Waals surface area contributed by atoms with E-state index in [1.165, 1.54) is 0 Å². The van der Waals surface area contributed by atoms with Gasteiger partial charge >= 0.3 is 0 Å². The van der Waals surface area contributed by atoms with Gasteiger partial charge < -0.3 is 15.5 Å². The van der Waals surface area contributed by atoms with Crippen LogP contribution < -0.4 is 5.73 Å². The lowest BCUT2D eigenvalue weighted by Gasteiger charge is -2.34. The van der Waals surface area contributed by atoms with Gasteiger partial charge in [-0.05, 0) is 24.3 Å². The summed E-state index contributed by atoms with van der Waals surface area (Å²) in [4.78, 5) is 27.1. The molecule has 0 aliphatic carbocycles. The van der Waals surface area contributed by atoms with Crippen molar-refractivity contribution < 1.29 is 9.59 Å². The minimum Gasteiger partial charge on any atom is -0.338 e. The Balaban J connectivity index is 1.96. The SMILES string of the molecule is NCC(=O)N1CCN(C(=O)c2ccc(Cl)cc2)CC1. The van der Waals surface area contributed by atoms with Crippen molar-refractivity contribution in [3.05, 3.63) is 34.9 Å². The Bertz CT molecular complexity index is 467. The number of carbonyl (C=O) groups is 2. The summed E-state index contributed by atoms with van der Waals surface area (Å²) in [6.07, 6.45) is 0. The molecule has 1 fully saturated rings. The maximum Gasteiger partial charge on any atom is 0.253 e. The summed E-state index contributed by atoms with van der Waals surface area (Å²) in [6, 6.07) is 6.82. The highest BCUT2D eigenvalue weighted by atomic mass is 35.5. The average molecular weight is 282 g/mol. The fraction of sp³-hybridized carbons (Fsp3) is 0.385. The Kier molecular flexibility index (Phi) is 4.39. The number of nitrogens with zero attached hydrogens (tertiary/aromatic N) is 2. The Labute approximate surface area is 116 Å². The third-order valence-electron chi connectivity index (χ3n) is 3.19. The lowest BCUT2D eigenvalue weighted by molar-refractivity contribution is -0.131. The summed E-state index contributed by atoms with van der Waals surface area (Å²) in [5.41, 5.74) is 5.93. The highest BCUT2D eigenvalue weighted by molar-refractivity contribution is 6.30. The predicted molar refractivity (Wildman–Crippen MR) is 73.0 cm³/mol. The zero-order valence-electron chi connectivity index (χ0n) is 10.5. The standard InChI is InChI=1S/C13H16ClN3O2/c14-11-3-1-10(2-4-11)13(19)17-7-5-16(6-8-17)12(18)9-15/h1-4H,5-9,15H2.